The van der Waals surface area contributed by atoms with E-state index in [4.69, 9.17) is 0 Å². The first-order valence-corrected chi connectivity index (χ1v) is 7.91. The summed E-state index contributed by atoms with van der Waals surface area (Å²) in [5.74, 6) is -0.129. The van der Waals surface area contributed by atoms with Crippen molar-refractivity contribution >= 4 is 28.3 Å². The number of benzene rings is 1. The van der Waals surface area contributed by atoms with Crippen LogP contribution in [-0.2, 0) is 13.6 Å². The summed E-state index contributed by atoms with van der Waals surface area (Å²) in [5.41, 5.74) is 1.23. The van der Waals surface area contributed by atoms with Gasteiger partial charge in [-0.3, -0.25) is 28.9 Å². The van der Waals surface area contributed by atoms with Crippen molar-refractivity contribution in [2.24, 2.45) is 7.05 Å². The predicted molar refractivity (Wildman–Crippen MR) is 96.1 cm³/mol. The van der Waals surface area contributed by atoms with Gasteiger partial charge in [-0.15, -0.1) is 0 Å². The number of nitrogens with zero attached hydrogens (tertiary/aromatic N) is 1. The molecule has 9 nitrogen and oxygen atoms in total. The lowest BCUT2D eigenvalue weighted by Gasteiger charge is -2.14. The molecule has 0 atom stereocenters. The highest BCUT2D eigenvalue weighted by atomic mass is 16.2. The summed E-state index contributed by atoms with van der Waals surface area (Å²) >= 11 is 0. The predicted octanol–water partition coefficient (Wildman–Crippen LogP) is 0.211. The Hall–Kier alpha value is -3.62. The molecular formula is C17H15N5O4. The minimum absolute atomic E-state index is 0.129. The van der Waals surface area contributed by atoms with E-state index in [9.17, 15) is 19.2 Å². The third-order valence-electron chi connectivity index (χ3n) is 4.57. The van der Waals surface area contributed by atoms with Crippen LogP contribution in [0.15, 0.2) is 32.6 Å². The number of aromatic amines is 2. The Bertz CT molecular complexity index is 1270. The molecule has 0 bridgehead atoms. The van der Waals surface area contributed by atoms with Crippen LogP contribution in [0.4, 0.5) is 11.4 Å². The molecule has 0 radical (unpaired) electrons. The molecular weight excluding hydrogens is 338 g/mol. The highest BCUT2D eigenvalue weighted by Crippen LogP contribution is 2.26. The third-order valence-corrected chi connectivity index (χ3v) is 4.57. The zero-order valence-electron chi connectivity index (χ0n) is 14.0. The summed E-state index contributed by atoms with van der Waals surface area (Å²) < 4.78 is 1.23. The van der Waals surface area contributed by atoms with Crippen LogP contribution in [0, 0.1) is 6.92 Å². The van der Waals surface area contributed by atoms with Crippen molar-refractivity contribution in [3.05, 3.63) is 66.1 Å². The summed E-state index contributed by atoms with van der Waals surface area (Å²) in [7, 11) is 1.49. The topological polar surface area (TPSA) is 129 Å². The van der Waals surface area contributed by atoms with Crippen LogP contribution in [-0.4, -0.2) is 20.4 Å². The smallest absolute Gasteiger partial charge is 0.327 e. The Morgan fingerprint density at radius 2 is 1.88 bits per heavy atom. The Morgan fingerprint density at radius 1 is 1.12 bits per heavy atom. The quantitative estimate of drug-likeness (QED) is 0.523. The van der Waals surface area contributed by atoms with Gasteiger partial charge in [0.15, 0.2) is 0 Å². The fraction of sp³-hybridized carbons (Fsp3) is 0.176. The second-order valence-corrected chi connectivity index (χ2v) is 6.18. The number of fused-ring (bicyclic) bond motifs is 2. The lowest BCUT2D eigenvalue weighted by Crippen LogP contribution is -2.30. The van der Waals surface area contributed by atoms with E-state index in [-0.39, 0.29) is 22.5 Å². The molecule has 26 heavy (non-hydrogen) atoms. The zero-order valence-corrected chi connectivity index (χ0v) is 14.0. The number of carbonyl (C=O) groups excluding carboxylic acids is 1. The highest BCUT2D eigenvalue weighted by molar-refractivity contribution is 5.99. The molecule has 4 N–H and O–H groups in total. The number of carbonyl (C=O) groups is 1. The van der Waals surface area contributed by atoms with Crippen LogP contribution < -0.4 is 27.4 Å². The molecule has 1 amide bonds. The largest absolute Gasteiger partial charge is 0.354 e. The number of anilines is 2. The average molecular weight is 353 g/mol. The fourth-order valence-corrected chi connectivity index (χ4v) is 3.22. The van der Waals surface area contributed by atoms with E-state index in [1.165, 1.54) is 11.6 Å². The van der Waals surface area contributed by atoms with Gasteiger partial charge in [-0.2, -0.15) is 0 Å². The zero-order chi connectivity index (χ0) is 18.6. The lowest BCUT2D eigenvalue weighted by molar-refractivity contribution is 0.0966. The molecule has 132 valence electrons. The number of hydrogen-bond donors (Lipinski definition) is 4. The van der Waals surface area contributed by atoms with E-state index in [1.807, 2.05) is 0 Å². The van der Waals surface area contributed by atoms with Gasteiger partial charge in [0, 0.05) is 30.4 Å². The van der Waals surface area contributed by atoms with Crippen molar-refractivity contribution in [3.63, 3.8) is 0 Å². The molecule has 0 saturated heterocycles. The molecule has 0 saturated carbocycles. The summed E-state index contributed by atoms with van der Waals surface area (Å²) in [6.07, 6.45) is 0. The molecule has 1 aliphatic rings. The minimum atomic E-state index is -0.686. The fourth-order valence-electron chi connectivity index (χ4n) is 3.22. The summed E-state index contributed by atoms with van der Waals surface area (Å²) in [6, 6.07) is 5.17. The van der Waals surface area contributed by atoms with Crippen LogP contribution in [0.25, 0.3) is 11.0 Å². The molecule has 3 aromatic rings. The normalized spacial score (nSPS) is 12.9. The number of pyridine rings is 1. The molecule has 0 aliphatic carbocycles. The van der Waals surface area contributed by atoms with E-state index in [1.54, 1.807) is 25.1 Å². The van der Waals surface area contributed by atoms with Crippen molar-refractivity contribution in [1.82, 2.24) is 19.9 Å². The number of aryl methyl sites for hydroxylation is 1. The average Bonchev–Trinajstić information content (AvgIpc) is 2.97. The number of aromatic nitrogens is 3. The van der Waals surface area contributed by atoms with E-state index in [2.05, 4.69) is 20.6 Å². The van der Waals surface area contributed by atoms with Gasteiger partial charge in [-0.25, -0.2) is 4.79 Å². The van der Waals surface area contributed by atoms with Crippen LogP contribution in [0.1, 0.15) is 21.5 Å². The van der Waals surface area contributed by atoms with Gasteiger partial charge in [0.2, 0.25) is 0 Å². The Kier molecular flexibility index (Phi) is 3.33. The van der Waals surface area contributed by atoms with Gasteiger partial charge >= 0.3 is 5.69 Å². The first-order chi connectivity index (χ1) is 12.4. The van der Waals surface area contributed by atoms with E-state index >= 15 is 0 Å². The maximum absolute atomic E-state index is 12.5. The van der Waals surface area contributed by atoms with Crippen LogP contribution in [0.3, 0.4) is 0 Å². The van der Waals surface area contributed by atoms with Crippen LogP contribution >= 0.6 is 0 Å². The van der Waals surface area contributed by atoms with E-state index in [0.29, 0.717) is 29.0 Å². The molecule has 1 aromatic carbocycles. The Labute approximate surface area is 145 Å². The first kappa shape index (κ1) is 15.9. The lowest BCUT2D eigenvalue weighted by atomic mass is 10.1. The highest BCUT2D eigenvalue weighted by Gasteiger charge is 2.20. The van der Waals surface area contributed by atoms with Gasteiger partial charge in [0.1, 0.15) is 11.0 Å². The number of nitrogens with one attached hydrogen (secondary N) is 4. The second kappa shape index (κ2) is 5.45. The molecule has 0 spiro atoms. The summed E-state index contributed by atoms with van der Waals surface area (Å²) in [5, 5.41) is 6.01. The number of rotatable bonds is 2. The van der Waals surface area contributed by atoms with Crippen molar-refractivity contribution in [1.29, 1.82) is 0 Å². The monoisotopic (exact) mass is 353 g/mol. The Morgan fingerprint density at radius 3 is 2.65 bits per heavy atom. The molecule has 2 aromatic heterocycles. The molecule has 3 heterocycles. The number of amides is 1. The van der Waals surface area contributed by atoms with Gasteiger partial charge in [-0.1, -0.05) is 0 Å². The van der Waals surface area contributed by atoms with Gasteiger partial charge in [0.25, 0.3) is 17.0 Å². The number of hydrogen-bond acceptors (Lipinski definition) is 5. The second-order valence-electron chi connectivity index (χ2n) is 6.18. The van der Waals surface area contributed by atoms with Crippen molar-refractivity contribution < 1.29 is 4.79 Å². The summed E-state index contributed by atoms with van der Waals surface area (Å²) in [6.45, 7) is 2.03. The summed E-state index contributed by atoms with van der Waals surface area (Å²) in [4.78, 5) is 52.8. The van der Waals surface area contributed by atoms with Crippen molar-refractivity contribution in [3.8, 4) is 0 Å². The maximum Gasteiger partial charge on any atom is 0.327 e. The third kappa shape index (κ3) is 2.25. The molecule has 1 aliphatic heterocycles. The van der Waals surface area contributed by atoms with Crippen molar-refractivity contribution in [2.75, 3.05) is 5.32 Å². The number of H-pyrrole nitrogens is 2. The first-order valence-electron chi connectivity index (χ1n) is 7.91. The molecule has 9 heteroatoms. The maximum atomic E-state index is 12.5. The minimum Gasteiger partial charge on any atom is -0.354 e. The van der Waals surface area contributed by atoms with E-state index < -0.39 is 11.2 Å². The standard InChI is InChI=1S/C17H15N5O4/c1-7-12(19-9-3-4-10-8(5-9)6-18-14(10)23)11-13(22(2)16(7)25)20-17(26)21-15(11)24/h3-5,19H,6H2,1-2H3,(H,18,23)(H2,20,21,24,26). The Balaban J connectivity index is 1.95. The van der Waals surface area contributed by atoms with Gasteiger partial charge in [-0.05, 0) is 30.7 Å². The molecule has 4 rings (SSSR count). The van der Waals surface area contributed by atoms with Gasteiger partial charge in [0.05, 0.1) is 5.69 Å². The van der Waals surface area contributed by atoms with Crippen LogP contribution in [0.5, 0.6) is 0 Å². The van der Waals surface area contributed by atoms with Crippen molar-refractivity contribution in [2.45, 2.75) is 13.5 Å². The van der Waals surface area contributed by atoms with Gasteiger partial charge < -0.3 is 10.6 Å². The SMILES string of the molecule is Cc1c(Nc2ccc3c(c2)CNC3=O)c2c(=O)[nH]c(=O)[nH]c2n(C)c1=O. The van der Waals surface area contributed by atoms with E-state index in [0.717, 1.165) is 5.56 Å². The molecule has 0 fully saturated rings. The van der Waals surface area contributed by atoms with Crippen LogP contribution in [0.2, 0.25) is 0 Å². The molecule has 0 unspecified atom stereocenters.